The number of rotatable bonds is 6. The van der Waals surface area contributed by atoms with Crippen molar-refractivity contribution in [2.45, 2.75) is 20.4 Å². The Labute approximate surface area is 189 Å². The van der Waals surface area contributed by atoms with Crippen LogP contribution in [0.4, 0.5) is 0 Å². The number of nitrogens with zero attached hydrogens (tertiary/aromatic N) is 3. The summed E-state index contributed by atoms with van der Waals surface area (Å²) in [5, 5.41) is 5.19. The van der Waals surface area contributed by atoms with Crippen molar-refractivity contribution >= 4 is 35.5 Å². The lowest BCUT2D eigenvalue weighted by Crippen LogP contribution is -2.32. The van der Waals surface area contributed by atoms with Gasteiger partial charge in [0.1, 0.15) is 0 Å². The number of amides is 2. The lowest BCUT2D eigenvalue weighted by molar-refractivity contribution is -0.140. The molecule has 2 amide bonds. The fourth-order valence-corrected chi connectivity index (χ4v) is 3.77. The molecule has 162 valence electrons. The lowest BCUT2D eigenvalue weighted by Gasteiger charge is -2.12. The van der Waals surface area contributed by atoms with E-state index in [0.29, 0.717) is 22.7 Å². The highest BCUT2D eigenvalue weighted by Gasteiger charge is 2.35. The zero-order valence-electron chi connectivity index (χ0n) is 17.5. The Morgan fingerprint density at radius 3 is 2.31 bits per heavy atom. The van der Waals surface area contributed by atoms with E-state index in [4.69, 9.17) is 16.3 Å². The van der Waals surface area contributed by atoms with Crippen LogP contribution < -0.4 is 0 Å². The number of esters is 1. The first kappa shape index (κ1) is 21.5. The molecule has 1 aliphatic rings. The molecule has 3 aromatic rings. The van der Waals surface area contributed by atoms with Gasteiger partial charge in [0.2, 0.25) is 0 Å². The number of aromatic nitrogens is 2. The summed E-state index contributed by atoms with van der Waals surface area (Å²) in [6.07, 6.45) is 2.88. The van der Waals surface area contributed by atoms with Gasteiger partial charge in [-0.25, -0.2) is 9.69 Å². The second-order valence-electron chi connectivity index (χ2n) is 7.34. The fourth-order valence-electron chi connectivity index (χ4n) is 3.58. The molecule has 0 fully saturated rings. The molecule has 0 unspecified atom stereocenters. The summed E-state index contributed by atoms with van der Waals surface area (Å²) in [6, 6.07) is 14.1. The molecule has 2 heterocycles. The van der Waals surface area contributed by atoms with Gasteiger partial charge in [-0.3, -0.25) is 14.3 Å². The number of aryl methyl sites for hydroxylation is 1. The van der Waals surface area contributed by atoms with Gasteiger partial charge in [-0.1, -0.05) is 41.9 Å². The first-order chi connectivity index (χ1) is 15.4. The van der Waals surface area contributed by atoms with E-state index in [1.165, 1.54) is 6.08 Å². The fraction of sp³-hybridized carbons (Fsp3) is 0.167. The third-order valence-corrected chi connectivity index (χ3v) is 5.68. The highest BCUT2D eigenvalue weighted by atomic mass is 35.5. The number of ether oxygens (including phenoxy) is 1. The Bertz CT molecular complexity index is 1230. The smallest absolute Gasteiger partial charge is 0.332 e. The van der Waals surface area contributed by atoms with E-state index in [1.807, 2.05) is 42.8 Å². The van der Waals surface area contributed by atoms with Crippen LogP contribution in [0.5, 0.6) is 0 Å². The van der Waals surface area contributed by atoms with Gasteiger partial charge < -0.3 is 4.74 Å². The van der Waals surface area contributed by atoms with Crippen LogP contribution in [0, 0.1) is 13.8 Å². The molecule has 0 spiro atoms. The average Bonchev–Trinajstić information content (AvgIpc) is 3.19. The minimum absolute atomic E-state index is 0.307. The van der Waals surface area contributed by atoms with Crippen LogP contribution in [0.2, 0.25) is 5.02 Å². The maximum Gasteiger partial charge on any atom is 0.332 e. The molecule has 1 aliphatic heterocycles. The van der Waals surface area contributed by atoms with Crippen molar-refractivity contribution in [3.63, 3.8) is 0 Å². The van der Waals surface area contributed by atoms with E-state index >= 15 is 0 Å². The molecule has 2 aromatic carbocycles. The second-order valence-corrected chi connectivity index (χ2v) is 7.75. The van der Waals surface area contributed by atoms with Crippen LogP contribution >= 0.6 is 11.6 Å². The monoisotopic (exact) mass is 449 g/mol. The third kappa shape index (κ3) is 4.07. The number of hydrogen-bond acceptors (Lipinski definition) is 5. The van der Waals surface area contributed by atoms with Crippen molar-refractivity contribution in [2.75, 3.05) is 6.73 Å². The number of fused-ring (bicyclic) bond motifs is 1. The van der Waals surface area contributed by atoms with Gasteiger partial charge in [0.05, 0.1) is 23.4 Å². The molecule has 1 aromatic heterocycles. The molecule has 0 N–H and O–H groups in total. The maximum absolute atomic E-state index is 12.3. The normalized spacial score (nSPS) is 13.2. The van der Waals surface area contributed by atoms with Gasteiger partial charge in [-0.15, -0.1) is 0 Å². The molecule has 0 radical (unpaired) electrons. The minimum atomic E-state index is -0.667. The first-order valence-corrected chi connectivity index (χ1v) is 10.3. The van der Waals surface area contributed by atoms with Crippen LogP contribution in [0.1, 0.15) is 43.2 Å². The SMILES string of the molecule is Cc1nn(Cc2ccccc2Cl)c(C)c1/C=C/C(=O)OCN1C(=O)c2ccccc2C1=O. The lowest BCUT2D eigenvalue weighted by atomic mass is 10.1. The second kappa shape index (κ2) is 8.80. The highest BCUT2D eigenvalue weighted by molar-refractivity contribution is 6.31. The van der Waals surface area contributed by atoms with Crippen molar-refractivity contribution < 1.29 is 19.1 Å². The Hall–Kier alpha value is -3.71. The molecule has 8 heteroatoms. The summed E-state index contributed by atoms with van der Waals surface area (Å²) in [7, 11) is 0. The number of hydrogen-bond donors (Lipinski definition) is 0. The predicted molar refractivity (Wildman–Crippen MR) is 119 cm³/mol. The van der Waals surface area contributed by atoms with E-state index in [1.54, 1.807) is 30.3 Å². The van der Waals surface area contributed by atoms with Gasteiger partial charge in [0.25, 0.3) is 11.8 Å². The van der Waals surface area contributed by atoms with Crippen molar-refractivity contribution in [1.82, 2.24) is 14.7 Å². The number of carbonyl (C=O) groups excluding carboxylic acids is 3. The standard InChI is InChI=1S/C24H20ClN3O4/c1-15-18(16(2)28(26-15)13-17-7-3-6-10-21(17)25)11-12-22(29)32-14-27-23(30)19-8-4-5-9-20(19)24(27)31/h3-12H,13-14H2,1-2H3/b12-11+. The quantitative estimate of drug-likeness (QED) is 0.322. The Kier molecular flexibility index (Phi) is 5.92. The summed E-state index contributed by atoms with van der Waals surface area (Å²) < 4.78 is 6.95. The number of benzene rings is 2. The Morgan fingerprint density at radius 2 is 1.66 bits per heavy atom. The van der Waals surface area contributed by atoms with Crippen molar-refractivity contribution in [3.05, 3.63) is 93.3 Å². The summed E-state index contributed by atoms with van der Waals surface area (Å²) in [4.78, 5) is 37.8. The molecule has 0 atom stereocenters. The zero-order valence-corrected chi connectivity index (χ0v) is 18.3. The topological polar surface area (TPSA) is 81.5 Å². The molecular formula is C24H20ClN3O4. The van der Waals surface area contributed by atoms with Crippen LogP contribution in [0.3, 0.4) is 0 Å². The van der Waals surface area contributed by atoms with Crippen LogP contribution in [0.15, 0.2) is 54.6 Å². The molecule has 4 rings (SSSR count). The van der Waals surface area contributed by atoms with Gasteiger partial charge in [-0.05, 0) is 43.7 Å². The molecule has 0 bridgehead atoms. The summed E-state index contributed by atoms with van der Waals surface area (Å²) in [5.74, 6) is -1.62. The van der Waals surface area contributed by atoms with E-state index in [9.17, 15) is 14.4 Å². The van der Waals surface area contributed by atoms with Crippen molar-refractivity contribution in [3.8, 4) is 0 Å². The van der Waals surface area contributed by atoms with Crippen LogP contribution in [-0.2, 0) is 16.1 Å². The van der Waals surface area contributed by atoms with E-state index in [2.05, 4.69) is 5.10 Å². The minimum Gasteiger partial charge on any atom is -0.441 e. The first-order valence-electron chi connectivity index (χ1n) is 9.94. The van der Waals surface area contributed by atoms with Gasteiger partial charge in [-0.2, -0.15) is 5.10 Å². The number of halogens is 1. The van der Waals surface area contributed by atoms with Crippen molar-refractivity contribution in [1.29, 1.82) is 0 Å². The average molecular weight is 450 g/mol. The number of carbonyl (C=O) groups is 3. The van der Waals surface area contributed by atoms with Crippen molar-refractivity contribution in [2.24, 2.45) is 0 Å². The van der Waals surface area contributed by atoms with Gasteiger partial charge >= 0.3 is 5.97 Å². The molecular weight excluding hydrogens is 430 g/mol. The van der Waals surface area contributed by atoms with Gasteiger partial charge in [0, 0.05) is 22.4 Å². The summed E-state index contributed by atoms with van der Waals surface area (Å²) in [5.41, 5.74) is 3.96. The van der Waals surface area contributed by atoms with Gasteiger partial charge in [0.15, 0.2) is 6.73 Å². The Balaban J connectivity index is 1.41. The maximum atomic E-state index is 12.3. The highest BCUT2D eigenvalue weighted by Crippen LogP contribution is 2.23. The van der Waals surface area contributed by atoms with E-state index in [-0.39, 0.29) is 0 Å². The van der Waals surface area contributed by atoms with Crippen LogP contribution in [0.25, 0.3) is 6.08 Å². The molecule has 0 saturated heterocycles. The molecule has 7 nitrogen and oxygen atoms in total. The molecule has 0 aliphatic carbocycles. The molecule has 0 saturated carbocycles. The Morgan fingerprint density at radius 1 is 1.03 bits per heavy atom. The zero-order chi connectivity index (χ0) is 22.8. The predicted octanol–water partition coefficient (Wildman–Crippen LogP) is 4.01. The van der Waals surface area contributed by atoms with Crippen LogP contribution in [-0.4, -0.2) is 39.2 Å². The van der Waals surface area contributed by atoms with E-state index in [0.717, 1.165) is 27.4 Å². The largest absolute Gasteiger partial charge is 0.441 e. The number of imide groups is 1. The summed E-state index contributed by atoms with van der Waals surface area (Å²) in [6.45, 7) is 3.81. The molecule has 32 heavy (non-hydrogen) atoms. The summed E-state index contributed by atoms with van der Waals surface area (Å²) >= 11 is 6.25. The van der Waals surface area contributed by atoms with E-state index < -0.39 is 24.5 Å². The third-order valence-electron chi connectivity index (χ3n) is 5.32.